The van der Waals surface area contributed by atoms with Crippen molar-refractivity contribution in [3.8, 4) is 11.4 Å². The second kappa shape index (κ2) is 9.24. The third-order valence-electron chi connectivity index (χ3n) is 4.61. The lowest BCUT2D eigenvalue weighted by Crippen LogP contribution is -2.03. The Labute approximate surface area is 171 Å². The van der Waals surface area contributed by atoms with Gasteiger partial charge in [0.25, 0.3) is 0 Å². The number of aromatic nitrogens is 1. The van der Waals surface area contributed by atoms with Gasteiger partial charge < -0.3 is 14.0 Å². The number of nitrogens with zero attached hydrogens (tertiary/aromatic N) is 2. The Morgan fingerprint density at radius 2 is 1.69 bits per heavy atom. The van der Waals surface area contributed by atoms with Gasteiger partial charge in [0.15, 0.2) is 0 Å². The van der Waals surface area contributed by atoms with Crippen LogP contribution < -0.4 is 4.74 Å². The van der Waals surface area contributed by atoms with Gasteiger partial charge in [0.2, 0.25) is 0 Å². The molecule has 0 saturated carbocycles. The lowest BCUT2D eigenvalue weighted by molar-refractivity contribution is 0.0526. The zero-order chi connectivity index (χ0) is 20.8. The van der Waals surface area contributed by atoms with E-state index in [-0.39, 0.29) is 5.97 Å². The normalized spacial score (nSPS) is 11.0. The predicted octanol–water partition coefficient (Wildman–Crippen LogP) is 5.42. The second-order valence-corrected chi connectivity index (χ2v) is 6.61. The molecule has 0 spiro atoms. The molecule has 0 aliphatic carbocycles. The van der Waals surface area contributed by atoms with E-state index in [9.17, 15) is 4.79 Å². The Morgan fingerprint density at radius 3 is 2.31 bits per heavy atom. The molecule has 29 heavy (non-hydrogen) atoms. The summed E-state index contributed by atoms with van der Waals surface area (Å²) in [6, 6.07) is 17.3. The van der Waals surface area contributed by atoms with E-state index in [0.717, 1.165) is 34.1 Å². The Morgan fingerprint density at radius 1 is 1.00 bits per heavy atom. The molecular formula is C24H26N2O3. The fraction of sp³-hybridized carbons (Fsp3) is 0.250. The van der Waals surface area contributed by atoms with Crippen LogP contribution in [-0.2, 0) is 4.74 Å². The molecule has 0 amide bonds. The minimum absolute atomic E-state index is 0.318. The van der Waals surface area contributed by atoms with Gasteiger partial charge in [0, 0.05) is 28.9 Å². The summed E-state index contributed by atoms with van der Waals surface area (Å²) in [4.78, 5) is 16.3. The van der Waals surface area contributed by atoms with Crippen molar-refractivity contribution in [1.82, 2.24) is 4.57 Å². The predicted molar refractivity (Wildman–Crippen MR) is 116 cm³/mol. The highest BCUT2D eigenvalue weighted by Gasteiger charge is 2.10. The van der Waals surface area contributed by atoms with Gasteiger partial charge >= 0.3 is 5.97 Å². The number of hydrogen-bond donors (Lipinski definition) is 0. The number of carbonyl (C=O) groups is 1. The minimum atomic E-state index is -0.318. The number of aryl methyl sites for hydroxylation is 1. The quantitative estimate of drug-likeness (QED) is 0.400. The van der Waals surface area contributed by atoms with E-state index >= 15 is 0 Å². The van der Waals surface area contributed by atoms with Crippen molar-refractivity contribution in [1.29, 1.82) is 0 Å². The maximum atomic E-state index is 11.7. The summed E-state index contributed by atoms with van der Waals surface area (Å²) < 4.78 is 12.7. The van der Waals surface area contributed by atoms with Crippen molar-refractivity contribution in [2.75, 3.05) is 13.2 Å². The summed E-state index contributed by atoms with van der Waals surface area (Å²) in [5.74, 6) is 0.550. The lowest BCUT2D eigenvalue weighted by atomic mass is 10.2. The third kappa shape index (κ3) is 4.74. The highest BCUT2D eigenvalue weighted by Crippen LogP contribution is 2.23. The van der Waals surface area contributed by atoms with Gasteiger partial charge in [-0.3, -0.25) is 4.99 Å². The first kappa shape index (κ1) is 20.4. The molecule has 150 valence electrons. The molecule has 0 N–H and O–H groups in total. The average Bonchev–Trinajstić information content (AvgIpc) is 3.01. The standard InChI is InChI=1S/C24H26N2O3/c1-5-28-23-13-11-22(12-14-23)26-17(3)15-20(18(26)4)16-25-21-9-7-19(8-10-21)24(27)29-6-2/h7-16H,5-6H2,1-4H3. The first-order chi connectivity index (χ1) is 14.0. The van der Waals surface area contributed by atoms with Crippen LogP contribution in [0.15, 0.2) is 59.6 Å². The number of aliphatic imine (C=N–C) groups is 1. The molecule has 0 radical (unpaired) electrons. The fourth-order valence-electron chi connectivity index (χ4n) is 3.22. The molecule has 2 aromatic carbocycles. The number of ether oxygens (including phenoxy) is 2. The minimum Gasteiger partial charge on any atom is -0.494 e. The van der Waals surface area contributed by atoms with Crippen LogP contribution in [0.25, 0.3) is 5.69 Å². The van der Waals surface area contributed by atoms with Gasteiger partial charge in [-0.2, -0.15) is 0 Å². The topological polar surface area (TPSA) is 52.8 Å². The van der Waals surface area contributed by atoms with Gasteiger partial charge in [0.1, 0.15) is 5.75 Å². The summed E-state index contributed by atoms with van der Waals surface area (Å²) in [5, 5.41) is 0. The largest absolute Gasteiger partial charge is 0.494 e. The zero-order valence-corrected chi connectivity index (χ0v) is 17.3. The van der Waals surface area contributed by atoms with Crippen LogP contribution >= 0.6 is 0 Å². The molecule has 0 aliphatic rings. The molecular weight excluding hydrogens is 364 g/mol. The second-order valence-electron chi connectivity index (χ2n) is 6.61. The van der Waals surface area contributed by atoms with Crippen LogP contribution in [0.3, 0.4) is 0 Å². The highest BCUT2D eigenvalue weighted by atomic mass is 16.5. The summed E-state index contributed by atoms with van der Waals surface area (Å²) >= 11 is 0. The van der Waals surface area contributed by atoms with Gasteiger partial charge in [-0.1, -0.05) is 0 Å². The van der Waals surface area contributed by atoms with E-state index < -0.39 is 0 Å². The molecule has 0 aliphatic heterocycles. The molecule has 0 unspecified atom stereocenters. The number of carbonyl (C=O) groups excluding carboxylic acids is 1. The van der Waals surface area contributed by atoms with Crippen LogP contribution in [0.2, 0.25) is 0 Å². The van der Waals surface area contributed by atoms with E-state index in [4.69, 9.17) is 9.47 Å². The number of hydrogen-bond acceptors (Lipinski definition) is 4. The molecule has 3 rings (SSSR count). The van der Waals surface area contributed by atoms with Crippen molar-refractivity contribution < 1.29 is 14.3 Å². The molecule has 0 bridgehead atoms. The third-order valence-corrected chi connectivity index (χ3v) is 4.61. The van der Waals surface area contributed by atoms with E-state index in [1.165, 1.54) is 0 Å². The number of rotatable bonds is 7. The van der Waals surface area contributed by atoms with Crippen molar-refractivity contribution in [2.45, 2.75) is 27.7 Å². The Kier molecular flexibility index (Phi) is 6.50. The molecule has 3 aromatic rings. The Hall–Kier alpha value is -3.34. The lowest BCUT2D eigenvalue weighted by Gasteiger charge is -2.10. The summed E-state index contributed by atoms with van der Waals surface area (Å²) in [7, 11) is 0. The highest BCUT2D eigenvalue weighted by molar-refractivity contribution is 5.90. The molecule has 5 nitrogen and oxygen atoms in total. The number of benzene rings is 2. The van der Waals surface area contributed by atoms with Crippen LogP contribution in [0, 0.1) is 13.8 Å². The Balaban J connectivity index is 1.80. The molecule has 0 atom stereocenters. The van der Waals surface area contributed by atoms with E-state index in [1.54, 1.807) is 19.1 Å². The van der Waals surface area contributed by atoms with Crippen molar-refractivity contribution in [2.24, 2.45) is 4.99 Å². The number of esters is 1. The van der Waals surface area contributed by atoms with Crippen molar-refractivity contribution in [3.05, 3.63) is 77.1 Å². The van der Waals surface area contributed by atoms with Crippen LogP contribution in [0.4, 0.5) is 5.69 Å². The molecule has 0 fully saturated rings. The maximum absolute atomic E-state index is 11.7. The van der Waals surface area contributed by atoms with Gasteiger partial charge in [-0.25, -0.2) is 4.79 Å². The summed E-state index contributed by atoms with van der Waals surface area (Å²) in [6.45, 7) is 8.94. The molecule has 5 heteroatoms. The van der Waals surface area contributed by atoms with Crippen LogP contribution in [0.1, 0.15) is 41.2 Å². The monoisotopic (exact) mass is 390 g/mol. The van der Waals surface area contributed by atoms with E-state index in [2.05, 4.69) is 41.6 Å². The Bertz CT molecular complexity index is 1000. The fourth-order valence-corrected chi connectivity index (χ4v) is 3.22. The van der Waals surface area contributed by atoms with Crippen LogP contribution in [0.5, 0.6) is 5.75 Å². The van der Waals surface area contributed by atoms with Crippen molar-refractivity contribution in [3.63, 3.8) is 0 Å². The van der Waals surface area contributed by atoms with Gasteiger partial charge in [0.05, 0.1) is 24.5 Å². The zero-order valence-electron chi connectivity index (χ0n) is 17.3. The average molecular weight is 390 g/mol. The molecule has 0 saturated heterocycles. The SMILES string of the molecule is CCOC(=O)c1ccc(N=Cc2cc(C)n(-c3ccc(OCC)cc3)c2C)cc1. The van der Waals surface area contributed by atoms with Crippen molar-refractivity contribution >= 4 is 17.9 Å². The summed E-state index contributed by atoms with van der Waals surface area (Å²) in [6.07, 6.45) is 1.85. The smallest absolute Gasteiger partial charge is 0.338 e. The van der Waals surface area contributed by atoms with Crippen LogP contribution in [-0.4, -0.2) is 30.0 Å². The summed E-state index contributed by atoms with van der Waals surface area (Å²) in [5.41, 5.74) is 5.68. The maximum Gasteiger partial charge on any atom is 0.338 e. The molecule has 1 aromatic heterocycles. The first-order valence-electron chi connectivity index (χ1n) is 9.77. The van der Waals surface area contributed by atoms with E-state index in [0.29, 0.717) is 18.8 Å². The van der Waals surface area contributed by atoms with Gasteiger partial charge in [-0.15, -0.1) is 0 Å². The van der Waals surface area contributed by atoms with Gasteiger partial charge in [-0.05, 0) is 82.3 Å². The van der Waals surface area contributed by atoms with E-state index in [1.807, 2.05) is 37.4 Å². The first-order valence-corrected chi connectivity index (χ1v) is 9.77. The molecule has 1 heterocycles.